The summed E-state index contributed by atoms with van der Waals surface area (Å²) in [4.78, 5) is 31.6. The van der Waals surface area contributed by atoms with Crippen LogP contribution in [0.2, 0.25) is 0 Å². The second-order valence-electron chi connectivity index (χ2n) is 5.59. The average Bonchev–Trinajstić information content (AvgIpc) is 2.53. The Hall–Kier alpha value is -2.96. The molecule has 0 saturated heterocycles. The second-order valence-corrected chi connectivity index (χ2v) is 5.59. The summed E-state index contributed by atoms with van der Waals surface area (Å²) >= 11 is 0. The summed E-state index contributed by atoms with van der Waals surface area (Å²) in [7, 11) is 0. The first-order valence-electron chi connectivity index (χ1n) is 7.57. The summed E-state index contributed by atoms with van der Waals surface area (Å²) in [6.45, 7) is 5.12. The number of rotatable bonds is 6. The minimum Gasteiger partial charge on any atom is -0.437 e. The van der Waals surface area contributed by atoms with Gasteiger partial charge in [-0.3, -0.25) is 14.6 Å². The van der Waals surface area contributed by atoms with Crippen molar-refractivity contribution in [2.45, 2.75) is 26.8 Å². The first kappa shape index (κ1) is 17.4. The number of amides is 2. The lowest BCUT2D eigenvalue weighted by atomic mass is 10.0. The van der Waals surface area contributed by atoms with E-state index < -0.39 is 6.04 Å². The molecular weight excluding hydrogens is 308 g/mol. The van der Waals surface area contributed by atoms with Crippen LogP contribution in [0.25, 0.3) is 0 Å². The molecule has 0 aliphatic carbocycles. The predicted molar refractivity (Wildman–Crippen MR) is 89.6 cm³/mol. The molecule has 126 valence electrons. The predicted octanol–water partition coefficient (Wildman–Crippen LogP) is 2.37. The number of aromatic nitrogens is 2. The van der Waals surface area contributed by atoms with Gasteiger partial charge >= 0.3 is 0 Å². The van der Waals surface area contributed by atoms with Gasteiger partial charge in [0.1, 0.15) is 11.8 Å². The molecule has 0 aliphatic heterocycles. The van der Waals surface area contributed by atoms with Crippen LogP contribution in [0.3, 0.4) is 0 Å². The van der Waals surface area contributed by atoms with Gasteiger partial charge in [0.05, 0.1) is 6.20 Å². The molecule has 0 radical (unpaired) electrons. The molecule has 0 bridgehead atoms. The van der Waals surface area contributed by atoms with Gasteiger partial charge in [-0.15, -0.1) is 0 Å². The molecule has 2 rings (SSSR count). The molecule has 2 N–H and O–H groups in total. The number of nitrogens with one attached hydrogen (secondary N) is 2. The number of hydrogen-bond donors (Lipinski definition) is 2. The third kappa shape index (κ3) is 5.05. The van der Waals surface area contributed by atoms with Crippen molar-refractivity contribution in [2.75, 3.05) is 5.32 Å². The first-order valence-corrected chi connectivity index (χ1v) is 7.57. The van der Waals surface area contributed by atoms with E-state index in [0.717, 1.165) is 0 Å². The van der Waals surface area contributed by atoms with E-state index in [1.165, 1.54) is 19.3 Å². The Morgan fingerprint density at radius 3 is 2.62 bits per heavy atom. The molecular formula is C17H20N4O3. The fourth-order valence-corrected chi connectivity index (χ4v) is 2.07. The molecule has 2 aromatic rings. The quantitative estimate of drug-likeness (QED) is 0.849. The molecule has 1 atom stereocenters. The van der Waals surface area contributed by atoms with Crippen molar-refractivity contribution in [1.29, 1.82) is 0 Å². The molecule has 1 unspecified atom stereocenters. The summed E-state index contributed by atoms with van der Waals surface area (Å²) in [6.07, 6.45) is 4.58. The van der Waals surface area contributed by atoms with Gasteiger partial charge in [-0.25, -0.2) is 4.98 Å². The Bertz CT molecular complexity index is 704. The van der Waals surface area contributed by atoms with Gasteiger partial charge in [0, 0.05) is 31.1 Å². The van der Waals surface area contributed by atoms with Gasteiger partial charge in [-0.1, -0.05) is 19.9 Å². The van der Waals surface area contributed by atoms with E-state index in [2.05, 4.69) is 20.6 Å². The Morgan fingerprint density at radius 1 is 1.21 bits per heavy atom. The average molecular weight is 328 g/mol. The van der Waals surface area contributed by atoms with Crippen molar-refractivity contribution < 1.29 is 14.3 Å². The van der Waals surface area contributed by atoms with Crippen molar-refractivity contribution in [3.63, 3.8) is 0 Å². The van der Waals surface area contributed by atoms with E-state index in [4.69, 9.17) is 4.74 Å². The van der Waals surface area contributed by atoms with E-state index >= 15 is 0 Å². The molecule has 7 nitrogen and oxygen atoms in total. The molecule has 0 fully saturated rings. The van der Waals surface area contributed by atoms with Gasteiger partial charge in [0.2, 0.25) is 17.7 Å². The summed E-state index contributed by atoms with van der Waals surface area (Å²) in [5.74, 6) is 0.321. The van der Waals surface area contributed by atoms with Gasteiger partial charge in [-0.05, 0) is 18.1 Å². The summed E-state index contributed by atoms with van der Waals surface area (Å²) in [5.41, 5.74) is 0.567. The summed E-state index contributed by atoms with van der Waals surface area (Å²) in [6, 6.07) is 6.32. The van der Waals surface area contributed by atoms with Crippen LogP contribution in [0.15, 0.2) is 42.9 Å². The topological polar surface area (TPSA) is 93.2 Å². The van der Waals surface area contributed by atoms with Crippen LogP contribution in [0.1, 0.15) is 20.8 Å². The molecule has 0 aliphatic rings. The number of carbonyl (C=O) groups is 2. The van der Waals surface area contributed by atoms with Crippen LogP contribution < -0.4 is 15.4 Å². The standard InChI is InChI=1S/C17H20N4O3/c1-11(2)16(20-12(3)22)17(23)21-13-5-4-6-14(9-13)24-15-10-18-7-8-19-15/h4-11,16H,1-3H3,(H,20,22)(H,21,23). The zero-order chi connectivity index (χ0) is 17.5. The highest BCUT2D eigenvalue weighted by atomic mass is 16.5. The number of anilines is 1. The molecule has 0 spiro atoms. The van der Waals surface area contributed by atoms with E-state index in [1.54, 1.807) is 30.5 Å². The molecule has 1 aromatic heterocycles. The summed E-state index contributed by atoms with van der Waals surface area (Å²) in [5, 5.41) is 5.44. The third-order valence-corrected chi connectivity index (χ3v) is 3.17. The largest absolute Gasteiger partial charge is 0.437 e. The Kier molecular flexibility index (Phi) is 5.83. The van der Waals surface area contributed by atoms with Crippen LogP contribution in [0.5, 0.6) is 11.6 Å². The molecule has 24 heavy (non-hydrogen) atoms. The minimum atomic E-state index is -0.605. The fourth-order valence-electron chi connectivity index (χ4n) is 2.07. The van der Waals surface area contributed by atoms with Crippen LogP contribution in [0.4, 0.5) is 5.69 Å². The van der Waals surface area contributed by atoms with E-state index in [9.17, 15) is 9.59 Å². The van der Waals surface area contributed by atoms with Crippen LogP contribution >= 0.6 is 0 Å². The van der Waals surface area contributed by atoms with Crippen molar-refractivity contribution in [2.24, 2.45) is 5.92 Å². The smallest absolute Gasteiger partial charge is 0.247 e. The van der Waals surface area contributed by atoms with Crippen LogP contribution in [0, 0.1) is 5.92 Å². The van der Waals surface area contributed by atoms with Gasteiger partial charge < -0.3 is 15.4 Å². The Balaban J connectivity index is 2.08. The van der Waals surface area contributed by atoms with E-state index in [1.807, 2.05) is 13.8 Å². The zero-order valence-corrected chi connectivity index (χ0v) is 13.8. The molecule has 1 aromatic carbocycles. The van der Waals surface area contributed by atoms with Crippen LogP contribution in [-0.4, -0.2) is 27.8 Å². The highest BCUT2D eigenvalue weighted by Crippen LogP contribution is 2.22. The number of benzene rings is 1. The molecule has 2 amide bonds. The van der Waals surface area contributed by atoms with Gasteiger partial charge in [0.25, 0.3) is 0 Å². The lowest BCUT2D eigenvalue weighted by Crippen LogP contribution is -2.46. The monoisotopic (exact) mass is 328 g/mol. The lowest BCUT2D eigenvalue weighted by molar-refractivity contribution is -0.126. The molecule has 1 heterocycles. The van der Waals surface area contributed by atoms with Gasteiger partial charge in [-0.2, -0.15) is 0 Å². The Labute approximate surface area is 140 Å². The van der Waals surface area contributed by atoms with Crippen molar-refractivity contribution >= 4 is 17.5 Å². The van der Waals surface area contributed by atoms with Crippen LogP contribution in [-0.2, 0) is 9.59 Å². The zero-order valence-electron chi connectivity index (χ0n) is 13.8. The summed E-state index contributed by atoms with van der Waals surface area (Å²) < 4.78 is 5.58. The van der Waals surface area contributed by atoms with Crippen molar-refractivity contribution in [1.82, 2.24) is 15.3 Å². The maximum absolute atomic E-state index is 12.4. The maximum Gasteiger partial charge on any atom is 0.247 e. The second kappa shape index (κ2) is 8.05. The van der Waals surface area contributed by atoms with Gasteiger partial charge in [0.15, 0.2) is 0 Å². The Morgan fingerprint density at radius 2 is 2.00 bits per heavy atom. The van der Waals surface area contributed by atoms with Crippen molar-refractivity contribution in [3.8, 4) is 11.6 Å². The minimum absolute atomic E-state index is 0.0343. The third-order valence-electron chi connectivity index (χ3n) is 3.17. The first-order chi connectivity index (χ1) is 11.5. The molecule has 7 heteroatoms. The SMILES string of the molecule is CC(=O)NC(C(=O)Nc1cccc(Oc2cnccn2)c1)C(C)C. The molecule has 0 saturated carbocycles. The highest BCUT2D eigenvalue weighted by Gasteiger charge is 2.23. The number of ether oxygens (including phenoxy) is 1. The number of carbonyl (C=O) groups excluding carboxylic acids is 2. The lowest BCUT2D eigenvalue weighted by Gasteiger charge is -2.21. The fraction of sp³-hybridized carbons (Fsp3) is 0.294. The number of hydrogen-bond acceptors (Lipinski definition) is 5. The van der Waals surface area contributed by atoms with Crippen molar-refractivity contribution in [3.05, 3.63) is 42.9 Å². The highest BCUT2D eigenvalue weighted by molar-refractivity contribution is 5.97. The maximum atomic E-state index is 12.4. The van der Waals surface area contributed by atoms with E-state index in [0.29, 0.717) is 17.3 Å². The normalized spacial score (nSPS) is 11.7. The van der Waals surface area contributed by atoms with E-state index in [-0.39, 0.29) is 17.7 Å². The number of nitrogens with zero attached hydrogens (tertiary/aromatic N) is 2.